The van der Waals surface area contributed by atoms with Gasteiger partial charge in [0.25, 0.3) is 5.91 Å². The van der Waals surface area contributed by atoms with Gasteiger partial charge in [0.1, 0.15) is 14.3 Å². The Bertz CT molecular complexity index is 657. The lowest BCUT2D eigenvalue weighted by atomic mass is 10.3. The van der Waals surface area contributed by atoms with Crippen LogP contribution in [0.2, 0.25) is 0 Å². The molecule has 22 heavy (non-hydrogen) atoms. The molecule has 0 radical (unpaired) electrons. The van der Waals surface area contributed by atoms with E-state index >= 15 is 0 Å². The first-order valence-electron chi connectivity index (χ1n) is 7.49. The van der Waals surface area contributed by atoms with E-state index in [0.717, 1.165) is 35.9 Å². The van der Waals surface area contributed by atoms with Crippen LogP contribution >= 0.6 is 35.7 Å². The first kappa shape index (κ1) is 15.9. The molecule has 0 aliphatic carbocycles. The fourth-order valence-corrected chi connectivity index (χ4v) is 5.24. The van der Waals surface area contributed by atoms with E-state index in [1.165, 1.54) is 22.3 Å². The Hall–Kier alpha value is -0.980. The van der Waals surface area contributed by atoms with E-state index in [4.69, 9.17) is 12.2 Å². The second kappa shape index (κ2) is 6.64. The van der Waals surface area contributed by atoms with Crippen molar-refractivity contribution in [2.24, 2.45) is 0 Å². The van der Waals surface area contributed by atoms with Crippen molar-refractivity contribution < 1.29 is 4.79 Å². The number of hydrogen-bond donors (Lipinski definition) is 0. The second-order valence-electron chi connectivity index (χ2n) is 5.13. The van der Waals surface area contributed by atoms with E-state index in [2.05, 4.69) is 30.9 Å². The van der Waals surface area contributed by atoms with E-state index < -0.39 is 0 Å². The van der Waals surface area contributed by atoms with Gasteiger partial charge in [0.15, 0.2) is 0 Å². The van der Waals surface area contributed by atoms with Gasteiger partial charge in [-0.1, -0.05) is 61.2 Å². The van der Waals surface area contributed by atoms with Gasteiger partial charge in [-0.2, -0.15) is 0 Å². The third-order valence-corrected chi connectivity index (χ3v) is 6.45. The molecule has 0 spiro atoms. The first-order chi connectivity index (χ1) is 10.7. The zero-order chi connectivity index (χ0) is 15.7. The van der Waals surface area contributed by atoms with Crippen LogP contribution < -0.4 is 4.90 Å². The molecular weight excluding hydrogens is 332 g/mol. The minimum Gasteiger partial charge on any atom is -0.334 e. The Balaban J connectivity index is 1.94. The average Bonchev–Trinajstić information content (AvgIpc) is 3.03. The largest absolute Gasteiger partial charge is 0.334 e. The molecule has 2 aliphatic heterocycles. The van der Waals surface area contributed by atoms with Crippen LogP contribution in [0.1, 0.15) is 26.7 Å². The highest BCUT2D eigenvalue weighted by molar-refractivity contribution is 8.27. The summed E-state index contributed by atoms with van der Waals surface area (Å²) < 4.78 is 0.688. The molecule has 116 valence electrons. The summed E-state index contributed by atoms with van der Waals surface area (Å²) >= 11 is 8.53. The fraction of sp³-hybridized carbons (Fsp3) is 0.375. The quantitative estimate of drug-likeness (QED) is 0.590. The maximum absolute atomic E-state index is 12.7. The van der Waals surface area contributed by atoms with Crippen LogP contribution in [-0.2, 0) is 4.79 Å². The molecule has 0 saturated carbocycles. The van der Waals surface area contributed by atoms with Crippen LogP contribution in [0.5, 0.6) is 0 Å². The SMILES string of the molecule is CCCCN1C(=O)/C(=C2\Sc3ccccc3N2CC)SC1=S. The van der Waals surface area contributed by atoms with Crippen LogP contribution in [0.25, 0.3) is 0 Å². The van der Waals surface area contributed by atoms with Crippen LogP contribution in [0, 0.1) is 0 Å². The average molecular weight is 351 g/mol. The number of benzene rings is 1. The molecule has 2 aliphatic rings. The number of carbonyl (C=O) groups is 1. The number of amides is 1. The van der Waals surface area contributed by atoms with Gasteiger partial charge < -0.3 is 4.90 Å². The normalized spacial score (nSPS) is 21.0. The number of para-hydroxylation sites is 1. The molecule has 1 amide bonds. The zero-order valence-corrected chi connectivity index (χ0v) is 15.1. The number of nitrogens with zero attached hydrogens (tertiary/aromatic N) is 2. The zero-order valence-electron chi connectivity index (χ0n) is 12.7. The minimum absolute atomic E-state index is 0.0669. The van der Waals surface area contributed by atoms with Crippen molar-refractivity contribution in [3.8, 4) is 0 Å². The molecule has 3 nitrogen and oxygen atoms in total. The molecule has 0 bridgehead atoms. The molecule has 0 unspecified atom stereocenters. The second-order valence-corrected chi connectivity index (χ2v) is 7.80. The fourth-order valence-electron chi connectivity index (χ4n) is 2.55. The monoisotopic (exact) mass is 350 g/mol. The molecule has 1 aromatic carbocycles. The lowest BCUT2D eigenvalue weighted by Crippen LogP contribution is -2.29. The Morgan fingerprint density at radius 2 is 1.91 bits per heavy atom. The van der Waals surface area contributed by atoms with Gasteiger partial charge in [0, 0.05) is 18.0 Å². The molecule has 1 saturated heterocycles. The number of carbonyl (C=O) groups excluding carboxylic acids is 1. The molecule has 1 fully saturated rings. The lowest BCUT2D eigenvalue weighted by Gasteiger charge is -2.19. The molecule has 3 rings (SSSR count). The summed E-state index contributed by atoms with van der Waals surface area (Å²) in [6.07, 6.45) is 2.05. The van der Waals surface area contributed by atoms with Crippen molar-refractivity contribution in [2.75, 3.05) is 18.0 Å². The van der Waals surface area contributed by atoms with Gasteiger partial charge in [-0.3, -0.25) is 9.69 Å². The summed E-state index contributed by atoms with van der Waals surface area (Å²) in [5.41, 5.74) is 1.18. The number of anilines is 1. The third kappa shape index (κ3) is 2.68. The standard InChI is InChI=1S/C16H18N2OS3/c1-3-5-10-18-14(19)13(22-16(18)20)15-17(4-2)11-8-6-7-9-12(11)21-15/h6-9H,3-5,10H2,1-2H3/b15-13+. The molecular formula is C16H18N2OS3. The first-order valence-corrected chi connectivity index (χ1v) is 9.53. The van der Waals surface area contributed by atoms with Gasteiger partial charge in [-0.05, 0) is 25.5 Å². The van der Waals surface area contributed by atoms with Crippen LogP contribution in [-0.4, -0.2) is 28.2 Å². The van der Waals surface area contributed by atoms with E-state index in [9.17, 15) is 4.79 Å². The number of thioether (sulfide) groups is 2. The number of thiocarbonyl (C=S) groups is 1. The Morgan fingerprint density at radius 1 is 1.14 bits per heavy atom. The Kier molecular flexibility index (Phi) is 4.80. The molecule has 0 aromatic heterocycles. The summed E-state index contributed by atoms with van der Waals surface area (Å²) in [4.78, 5) is 18.7. The van der Waals surface area contributed by atoms with Crippen molar-refractivity contribution in [3.05, 3.63) is 34.2 Å². The predicted molar refractivity (Wildman–Crippen MR) is 99.2 cm³/mol. The molecule has 0 atom stereocenters. The number of fused-ring (bicyclic) bond motifs is 1. The summed E-state index contributed by atoms with van der Waals surface area (Å²) in [6, 6.07) is 8.29. The topological polar surface area (TPSA) is 23.6 Å². The number of unbranched alkanes of at least 4 members (excludes halogenated alkanes) is 1. The molecule has 6 heteroatoms. The van der Waals surface area contributed by atoms with Crippen LogP contribution in [0.4, 0.5) is 5.69 Å². The lowest BCUT2D eigenvalue weighted by molar-refractivity contribution is -0.122. The van der Waals surface area contributed by atoms with Gasteiger partial charge in [0.2, 0.25) is 0 Å². The van der Waals surface area contributed by atoms with Gasteiger partial charge in [-0.25, -0.2) is 0 Å². The third-order valence-electron chi connectivity index (χ3n) is 3.70. The molecule has 2 heterocycles. The predicted octanol–water partition coefficient (Wildman–Crippen LogP) is 4.45. The minimum atomic E-state index is 0.0669. The Morgan fingerprint density at radius 3 is 2.64 bits per heavy atom. The van der Waals surface area contributed by atoms with Crippen molar-refractivity contribution in [1.82, 2.24) is 4.90 Å². The summed E-state index contributed by atoms with van der Waals surface area (Å²) in [6.45, 7) is 5.80. The van der Waals surface area contributed by atoms with Crippen LogP contribution in [0.15, 0.2) is 39.1 Å². The Labute approximate surface area is 145 Å². The van der Waals surface area contributed by atoms with Crippen molar-refractivity contribution in [3.63, 3.8) is 0 Å². The summed E-state index contributed by atoms with van der Waals surface area (Å²) in [7, 11) is 0. The van der Waals surface area contributed by atoms with Crippen LogP contribution in [0.3, 0.4) is 0 Å². The van der Waals surface area contributed by atoms with E-state index in [1.807, 2.05) is 12.1 Å². The van der Waals surface area contributed by atoms with Gasteiger partial charge in [0.05, 0.1) is 5.69 Å². The van der Waals surface area contributed by atoms with Crippen molar-refractivity contribution >= 4 is 51.7 Å². The van der Waals surface area contributed by atoms with E-state index in [-0.39, 0.29) is 5.91 Å². The maximum atomic E-state index is 12.7. The highest BCUT2D eigenvalue weighted by Crippen LogP contribution is 2.50. The number of hydrogen-bond acceptors (Lipinski definition) is 5. The molecule has 0 N–H and O–H groups in total. The summed E-state index contributed by atoms with van der Waals surface area (Å²) in [5, 5.41) is 1.03. The van der Waals surface area contributed by atoms with Gasteiger partial charge in [-0.15, -0.1) is 0 Å². The van der Waals surface area contributed by atoms with Crippen molar-refractivity contribution in [1.29, 1.82) is 0 Å². The maximum Gasteiger partial charge on any atom is 0.268 e. The van der Waals surface area contributed by atoms with Crippen molar-refractivity contribution in [2.45, 2.75) is 31.6 Å². The smallest absolute Gasteiger partial charge is 0.268 e. The molecule has 1 aromatic rings. The van der Waals surface area contributed by atoms with Gasteiger partial charge >= 0.3 is 0 Å². The van der Waals surface area contributed by atoms with E-state index in [1.54, 1.807) is 16.7 Å². The highest BCUT2D eigenvalue weighted by Gasteiger charge is 2.38. The number of rotatable bonds is 4. The van der Waals surface area contributed by atoms with E-state index in [0.29, 0.717) is 4.32 Å². The summed E-state index contributed by atoms with van der Waals surface area (Å²) in [5.74, 6) is 0.0669. The highest BCUT2D eigenvalue weighted by atomic mass is 32.2.